The minimum absolute atomic E-state index is 0.485. The molecular formula is C14H18O6. The maximum absolute atomic E-state index is 5.66. The predicted molar refractivity (Wildman–Crippen MR) is 70.1 cm³/mol. The first kappa shape index (κ1) is 13.3. The van der Waals surface area contributed by atoms with Gasteiger partial charge < -0.3 is 28.4 Å². The van der Waals surface area contributed by atoms with Gasteiger partial charge in [-0.15, -0.1) is 0 Å². The van der Waals surface area contributed by atoms with Crippen LogP contribution in [0, 0.1) is 0 Å². The summed E-state index contributed by atoms with van der Waals surface area (Å²) in [7, 11) is 0. The maximum Gasteiger partial charge on any atom is 0.165 e. The van der Waals surface area contributed by atoms with E-state index < -0.39 is 0 Å². The minimum atomic E-state index is 0.485. The SMILES string of the molecule is c1c2c(cc3c1OCCOCCO3)OCCOCCO2. The van der Waals surface area contributed by atoms with Crippen LogP contribution in [0.4, 0.5) is 0 Å². The molecular weight excluding hydrogens is 264 g/mol. The second-order valence-corrected chi connectivity index (χ2v) is 4.36. The van der Waals surface area contributed by atoms with Gasteiger partial charge in [0.1, 0.15) is 26.4 Å². The molecule has 0 bridgehead atoms. The number of benzene rings is 1. The quantitative estimate of drug-likeness (QED) is 0.714. The molecule has 110 valence electrons. The van der Waals surface area contributed by atoms with E-state index in [1.165, 1.54) is 0 Å². The van der Waals surface area contributed by atoms with E-state index in [0.717, 1.165) is 0 Å². The fourth-order valence-corrected chi connectivity index (χ4v) is 2.02. The zero-order chi connectivity index (χ0) is 13.6. The molecule has 0 saturated heterocycles. The number of rotatable bonds is 0. The third kappa shape index (κ3) is 3.26. The van der Waals surface area contributed by atoms with E-state index in [0.29, 0.717) is 75.9 Å². The molecule has 1 aromatic rings. The summed E-state index contributed by atoms with van der Waals surface area (Å²) >= 11 is 0. The average Bonchev–Trinajstić information content (AvgIpc) is 2.64. The number of hydrogen-bond donors (Lipinski definition) is 0. The van der Waals surface area contributed by atoms with Gasteiger partial charge in [0.2, 0.25) is 0 Å². The predicted octanol–water partition coefficient (Wildman–Crippen LogP) is 1.26. The molecule has 0 N–H and O–H groups in total. The molecule has 3 rings (SSSR count). The van der Waals surface area contributed by atoms with Gasteiger partial charge in [-0.2, -0.15) is 0 Å². The highest BCUT2D eigenvalue weighted by atomic mass is 16.6. The summed E-state index contributed by atoms with van der Waals surface area (Å²) in [6.45, 7) is 4.13. The highest BCUT2D eigenvalue weighted by molar-refractivity contribution is 5.54. The van der Waals surface area contributed by atoms with Gasteiger partial charge in [0.25, 0.3) is 0 Å². The molecule has 2 heterocycles. The van der Waals surface area contributed by atoms with Crippen LogP contribution in [0.15, 0.2) is 12.1 Å². The smallest absolute Gasteiger partial charge is 0.165 e. The van der Waals surface area contributed by atoms with Gasteiger partial charge in [0, 0.05) is 12.1 Å². The van der Waals surface area contributed by atoms with Gasteiger partial charge in [0.15, 0.2) is 23.0 Å². The molecule has 0 spiro atoms. The Morgan fingerprint density at radius 3 is 1.05 bits per heavy atom. The molecule has 6 heteroatoms. The van der Waals surface area contributed by atoms with Crippen LogP contribution >= 0.6 is 0 Å². The Hall–Kier alpha value is -1.66. The van der Waals surface area contributed by atoms with Crippen LogP contribution in [0.5, 0.6) is 23.0 Å². The molecule has 6 nitrogen and oxygen atoms in total. The largest absolute Gasteiger partial charge is 0.487 e. The van der Waals surface area contributed by atoms with Crippen LogP contribution in [0.1, 0.15) is 0 Å². The summed E-state index contributed by atoms with van der Waals surface area (Å²) in [6, 6.07) is 3.61. The van der Waals surface area contributed by atoms with Crippen molar-refractivity contribution in [3.8, 4) is 23.0 Å². The number of hydrogen-bond acceptors (Lipinski definition) is 6. The topological polar surface area (TPSA) is 55.4 Å². The van der Waals surface area contributed by atoms with E-state index in [1.54, 1.807) is 12.1 Å². The molecule has 0 aromatic heterocycles. The molecule has 2 aliphatic rings. The Kier molecular flexibility index (Phi) is 4.45. The molecule has 20 heavy (non-hydrogen) atoms. The number of fused-ring (bicyclic) bond motifs is 2. The molecule has 0 atom stereocenters. The second-order valence-electron chi connectivity index (χ2n) is 4.36. The summed E-state index contributed by atoms with van der Waals surface area (Å²) in [4.78, 5) is 0. The van der Waals surface area contributed by atoms with Crippen LogP contribution in [0.3, 0.4) is 0 Å². The van der Waals surface area contributed by atoms with Crippen molar-refractivity contribution >= 4 is 0 Å². The first-order valence-corrected chi connectivity index (χ1v) is 6.78. The standard InChI is InChI=1S/C14H18O6/c1-5-17-11-9-13-14(10-12(11)18-6-2-15-1)20-8-4-16-3-7-19-13/h9-10H,1-8H2. The highest BCUT2D eigenvalue weighted by Crippen LogP contribution is 2.40. The first-order chi connectivity index (χ1) is 9.93. The van der Waals surface area contributed by atoms with E-state index in [-0.39, 0.29) is 0 Å². The van der Waals surface area contributed by atoms with Crippen LogP contribution in [0.2, 0.25) is 0 Å². The molecule has 1 aromatic carbocycles. The lowest BCUT2D eigenvalue weighted by molar-refractivity contribution is 0.0862. The maximum atomic E-state index is 5.66. The van der Waals surface area contributed by atoms with E-state index in [4.69, 9.17) is 28.4 Å². The lowest BCUT2D eigenvalue weighted by Gasteiger charge is -2.15. The van der Waals surface area contributed by atoms with Crippen molar-refractivity contribution in [1.29, 1.82) is 0 Å². The molecule has 0 saturated carbocycles. The fourth-order valence-electron chi connectivity index (χ4n) is 2.02. The lowest BCUT2D eigenvalue weighted by Crippen LogP contribution is -2.08. The molecule has 0 amide bonds. The summed E-state index contributed by atoms with van der Waals surface area (Å²) in [5.74, 6) is 2.60. The Morgan fingerprint density at radius 2 is 0.750 bits per heavy atom. The Labute approximate surface area is 117 Å². The van der Waals surface area contributed by atoms with Gasteiger partial charge in [-0.3, -0.25) is 0 Å². The van der Waals surface area contributed by atoms with E-state index in [1.807, 2.05) is 0 Å². The van der Waals surface area contributed by atoms with Crippen LogP contribution < -0.4 is 18.9 Å². The van der Waals surface area contributed by atoms with Crippen molar-refractivity contribution in [2.24, 2.45) is 0 Å². The summed E-state index contributed by atoms with van der Waals surface area (Å²) in [6.07, 6.45) is 0. The van der Waals surface area contributed by atoms with Gasteiger partial charge in [0.05, 0.1) is 26.4 Å². The Morgan fingerprint density at radius 1 is 0.450 bits per heavy atom. The van der Waals surface area contributed by atoms with E-state index in [9.17, 15) is 0 Å². The van der Waals surface area contributed by atoms with Crippen LogP contribution in [0.25, 0.3) is 0 Å². The average molecular weight is 282 g/mol. The Balaban J connectivity index is 1.88. The van der Waals surface area contributed by atoms with Gasteiger partial charge in [-0.05, 0) is 0 Å². The normalized spacial score (nSPS) is 19.6. The Bertz CT molecular complexity index is 371. The van der Waals surface area contributed by atoms with Crippen molar-refractivity contribution in [3.05, 3.63) is 12.1 Å². The molecule has 0 fully saturated rings. The first-order valence-electron chi connectivity index (χ1n) is 6.78. The third-order valence-corrected chi connectivity index (χ3v) is 2.95. The van der Waals surface area contributed by atoms with Crippen molar-refractivity contribution in [2.45, 2.75) is 0 Å². The lowest BCUT2D eigenvalue weighted by atomic mass is 10.2. The molecule has 0 radical (unpaired) electrons. The summed E-state index contributed by atoms with van der Waals surface area (Å²) in [5, 5.41) is 0. The molecule has 0 aliphatic carbocycles. The van der Waals surface area contributed by atoms with Crippen LogP contribution in [-0.2, 0) is 9.47 Å². The monoisotopic (exact) mass is 282 g/mol. The molecule has 0 unspecified atom stereocenters. The van der Waals surface area contributed by atoms with Crippen molar-refractivity contribution in [2.75, 3.05) is 52.9 Å². The summed E-state index contributed by atoms with van der Waals surface area (Å²) < 4.78 is 33.3. The molecule has 2 aliphatic heterocycles. The van der Waals surface area contributed by atoms with E-state index >= 15 is 0 Å². The zero-order valence-corrected chi connectivity index (χ0v) is 11.3. The van der Waals surface area contributed by atoms with Crippen molar-refractivity contribution in [1.82, 2.24) is 0 Å². The van der Waals surface area contributed by atoms with Gasteiger partial charge in [-0.25, -0.2) is 0 Å². The van der Waals surface area contributed by atoms with E-state index in [2.05, 4.69) is 0 Å². The minimum Gasteiger partial charge on any atom is -0.487 e. The van der Waals surface area contributed by atoms with Gasteiger partial charge >= 0.3 is 0 Å². The third-order valence-electron chi connectivity index (χ3n) is 2.95. The van der Waals surface area contributed by atoms with Crippen LogP contribution in [-0.4, -0.2) is 52.9 Å². The highest BCUT2D eigenvalue weighted by Gasteiger charge is 2.17. The zero-order valence-electron chi connectivity index (χ0n) is 11.3. The van der Waals surface area contributed by atoms with Crippen molar-refractivity contribution < 1.29 is 28.4 Å². The fraction of sp³-hybridized carbons (Fsp3) is 0.571. The van der Waals surface area contributed by atoms with Crippen molar-refractivity contribution in [3.63, 3.8) is 0 Å². The van der Waals surface area contributed by atoms with Gasteiger partial charge in [-0.1, -0.05) is 0 Å². The number of ether oxygens (including phenoxy) is 6. The summed E-state index contributed by atoms with van der Waals surface area (Å²) in [5.41, 5.74) is 0. The second kappa shape index (κ2) is 6.67.